The molecule has 1 aliphatic rings. The molecular weight excluding hydrogens is 164 g/mol. The van der Waals surface area contributed by atoms with Crippen LogP contribution in [0.1, 0.15) is 18.4 Å². The second-order valence-electron chi connectivity index (χ2n) is 3.75. The van der Waals surface area contributed by atoms with Crippen molar-refractivity contribution in [2.24, 2.45) is 5.73 Å². The summed E-state index contributed by atoms with van der Waals surface area (Å²) in [6, 6.07) is 3.95. The molecule has 2 N–H and O–H groups in total. The van der Waals surface area contributed by atoms with E-state index in [1.54, 1.807) is 13.3 Å². The highest BCUT2D eigenvalue weighted by atomic mass is 16.5. The van der Waals surface area contributed by atoms with E-state index in [2.05, 4.69) is 4.98 Å². The first-order valence-corrected chi connectivity index (χ1v) is 4.50. The van der Waals surface area contributed by atoms with Crippen molar-refractivity contribution in [2.45, 2.75) is 24.8 Å². The van der Waals surface area contributed by atoms with Crippen molar-refractivity contribution in [1.29, 1.82) is 0 Å². The van der Waals surface area contributed by atoms with Crippen LogP contribution in [0.3, 0.4) is 0 Å². The van der Waals surface area contributed by atoms with Gasteiger partial charge in [-0.25, -0.2) is 4.98 Å². The molecule has 1 fully saturated rings. The number of nitrogens with two attached hydrogens (primary N) is 1. The summed E-state index contributed by atoms with van der Waals surface area (Å²) in [6.45, 7) is 0. The van der Waals surface area contributed by atoms with Crippen LogP contribution in [-0.2, 0) is 6.42 Å². The topological polar surface area (TPSA) is 48.1 Å². The zero-order valence-electron chi connectivity index (χ0n) is 7.79. The Labute approximate surface area is 77.9 Å². The molecule has 3 heteroatoms. The molecular formula is C10H14N2O. The van der Waals surface area contributed by atoms with Crippen molar-refractivity contribution in [2.75, 3.05) is 7.11 Å². The van der Waals surface area contributed by atoms with E-state index >= 15 is 0 Å². The Kier molecular flexibility index (Phi) is 1.96. The lowest BCUT2D eigenvalue weighted by Gasteiger charge is -2.08. The lowest BCUT2D eigenvalue weighted by atomic mass is 10.1. The quantitative estimate of drug-likeness (QED) is 0.754. The van der Waals surface area contributed by atoms with E-state index in [-0.39, 0.29) is 5.54 Å². The maximum absolute atomic E-state index is 6.01. The van der Waals surface area contributed by atoms with Crippen LogP contribution in [0, 0.1) is 0 Å². The Morgan fingerprint density at radius 3 is 3.00 bits per heavy atom. The van der Waals surface area contributed by atoms with Crippen LogP contribution in [0.4, 0.5) is 0 Å². The third-order valence-corrected chi connectivity index (χ3v) is 2.46. The fourth-order valence-electron chi connectivity index (χ4n) is 1.42. The van der Waals surface area contributed by atoms with E-state index in [0.717, 1.165) is 19.3 Å². The highest BCUT2D eigenvalue weighted by molar-refractivity contribution is 5.24. The summed E-state index contributed by atoms with van der Waals surface area (Å²) in [5.41, 5.74) is 7.29. The normalized spacial score (nSPS) is 18.3. The maximum Gasteiger partial charge on any atom is 0.213 e. The Balaban J connectivity index is 2.11. The maximum atomic E-state index is 6.01. The fourth-order valence-corrected chi connectivity index (χ4v) is 1.42. The Bertz CT molecular complexity index is 308. The lowest BCUT2D eigenvalue weighted by Crippen LogP contribution is -2.24. The molecule has 0 aliphatic heterocycles. The van der Waals surface area contributed by atoms with E-state index in [4.69, 9.17) is 10.5 Å². The van der Waals surface area contributed by atoms with Gasteiger partial charge >= 0.3 is 0 Å². The second-order valence-corrected chi connectivity index (χ2v) is 3.75. The summed E-state index contributed by atoms with van der Waals surface area (Å²) < 4.78 is 5.04. The largest absolute Gasteiger partial charge is 0.481 e. The molecule has 0 aromatic carbocycles. The van der Waals surface area contributed by atoms with Gasteiger partial charge in [-0.3, -0.25) is 0 Å². The number of methoxy groups -OCH3 is 1. The number of ether oxygens (including phenoxy) is 1. The highest BCUT2D eigenvalue weighted by Crippen LogP contribution is 2.35. The molecule has 1 heterocycles. The van der Waals surface area contributed by atoms with Crippen LogP contribution in [0.25, 0.3) is 0 Å². The average molecular weight is 178 g/mol. The molecule has 1 aromatic heterocycles. The zero-order chi connectivity index (χ0) is 9.31. The minimum atomic E-state index is 0.0619. The van der Waals surface area contributed by atoms with Gasteiger partial charge < -0.3 is 10.5 Å². The summed E-state index contributed by atoms with van der Waals surface area (Å²) in [6.07, 6.45) is 4.97. The summed E-state index contributed by atoms with van der Waals surface area (Å²) in [5.74, 6) is 0.668. The van der Waals surface area contributed by atoms with Gasteiger partial charge in [-0.15, -0.1) is 0 Å². The molecule has 1 aromatic rings. The van der Waals surface area contributed by atoms with E-state index in [1.165, 1.54) is 5.56 Å². The standard InChI is InChI=1S/C10H14N2O/c1-13-9-6-8(2-5-12-9)7-10(11)3-4-10/h2,5-6H,3-4,7,11H2,1H3. The predicted molar refractivity (Wildman–Crippen MR) is 50.6 cm³/mol. The van der Waals surface area contributed by atoms with Crippen molar-refractivity contribution in [3.8, 4) is 5.88 Å². The molecule has 0 unspecified atom stereocenters. The molecule has 0 saturated heterocycles. The molecule has 0 bridgehead atoms. The highest BCUT2D eigenvalue weighted by Gasteiger charge is 2.37. The van der Waals surface area contributed by atoms with Gasteiger partial charge in [-0.2, -0.15) is 0 Å². The smallest absolute Gasteiger partial charge is 0.213 e. The first kappa shape index (κ1) is 8.51. The van der Waals surface area contributed by atoms with Crippen LogP contribution in [-0.4, -0.2) is 17.6 Å². The van der Waals surface area contributed by atoms with Gasteiger partial charge in [0.2, 0.25) is 5.88 Å². The van der Waals surface area contributed by atoms with E-state index < -0.39 is 0 Å². The summed E-state index contributed by atoms with van der Waals surface area (Å²) >= 11 is 0. The molecule has 0 atom stereocenters. The first-order chi connectivity index (χ1) is 6.22. The average Bonchev–Trinajstić information content (AvgIpc) is 2.84. The van der Waals surface area contributed by atoms with Gasteiger partial charge in [-0.1, -0.05) is 0 Å². The second kappa shape index (κ2) is 3.00. The number of aromatic nitrogens is 1. The van der Waals surface area contributed by atoms with Crippen molar-refractivity contribution in [3.05, 3.63) is 23.9 Å². The molecule has 0 amide bonds. The molecule has 2 rings (SSSR count). The third kappa shape index (κ3) is 1.98. The van der Waals surface area contributed by atoms with Crippen LogP contribution in [0.2, 0.25) is 0 Å². The number of pyridine rings is 1. The van der Waals surface area contributed by atoms with Crippen molar-refractivity contribution >= 4 is 0 Å². The zero-order valence-corrected chi connectivity index (χ0v) is 7.79. The summed E-state index contributed by atoms with van der Waals surface area (Å²) in [7, 11) is 1.63. The fraction of sp³-hybridized carbons (Fsp3) is 0.500. The Morgan fingerprint density at radius 2 is 2.38 bits per heavy atom. The van der Waals surface area contributed by atoms with Crippen LogP contribution in [0.15, 0.2) is 18.3 Å². The molecule has 13 heavy (non-hydrogen) atoms. The van der Waals surface area contributed by atoms with Gasteiger partial charge in [0.05, 0.1) is 7.11 Å². The first-order valence-electron chi connectivity index (χ1n) is 4.50. The lowest BCUT2D eigenvalue weighted by molar-refractivity contribution is 0.397. The summed E-state index contributed by atoms with van der Waals surface area (Å²) in [5, 5.41) is 0. The molecule has 70 valence electrons. The summed E-state index contributed by atoms with van der Waals surface area (Å²) in [4.78, 5) is 4.05. The van der Waals surface area contributed by atoms with Crippen molar-refractivity contribution < 1.29 is 4.74 Å². The van der Waals surface area contributed by atoms with Crippen molar-refractivity contribution in [3.63, 3.8) is 0 Å². The van der Waals surface area contributed by atoms with Crippen LogP contribution < -0.4 is 10.5 Å². The van der Waals surface area contributed by atoms with E-state index in [1.807, 2.05) is 12.1 Å². The van der Waals surface area contributed by atoms with Crippen LogP contribution in [0.5, 0.6) is 5.88 Å². The van der Waals surface area contributed by atoms with E-state index in [0.29, 0.717) is 5.88 Å². The number of rotatable bonds is 3. The van der Waals surface area contributed by atoms with Gasteiger partial charge in [0, 0.05) is 17.8 Å². The molecule has 1 aliphatic carbocycles. The third-order valence-electron chi connectivity index (χ3n) is 2.46. The van der Waals surface area contributed by atoms with Crippen molar-refractivity contribution in [1.82, 2.24) is 4.98 Å². The van der Waals surface area contributed by atoms with Gasteiger partial charge in [0.25, 0.3) is 0 Å². The molecule has 0 radical (unpaired) electrons. The van der Waals surface area contributed by atoms with Gasteiger partial charge in [-0.05, 0) is 30.9 Å². The van der Waals surface area contributed by atoms with E-state index in [9.17, 15) is 0 Å². The number of hydrogen-bond acceptors (Lipinski definition) is 3. The molecule has 3 nitrogen and oxygen atoms in total. The minimum Gasteiger partial charge on any atom is -0.481 e. The molecule has 1 saturated carbocycles. The Morgan fingerprint density at radius 1 is 1.62 bits per heavy atom. The van der Waals surface area contributed by atoms with Gasteiger partial charge in [0.15, 0.2) is 0 Å². The van der Waals surface area contributed by atoms with Crippen LogP contribution >= 0.6 is 0 Å². The predicted octanol–water partition coefficient (Wildman–Crippen LogP) is 1.12. The SMILES string of the molecule is COc1cc(CC2(N)CC2)ccn1. The Hall–Kier alpha value is -1.09. The number of hydrogen-bond donors (Lipinski definition) is 1. The monoisotopic (exact) mass is 178 g/mol. The van der Waals surface area contributed by atoms with Gasteiger partial charge in [0.1, 0.15) is 0 Å². The number of nitrogens with zero attached hydrogens (tertiary/aromatic N) is 1. The minimum absolute atomic E-state index is 0.0619. The molecule has 0 spiro atoms.